The number of alkyl halides is 3. The van der Waals surface area contributed by atoms with Crippen LogP contribution in [0.3, 0.4) is 0 Å². The second-order valence-electron chi connectivity index (χ2n) is 2.52. The summed E-state index contributed by atoms with van der Waals surface area (Å²) in [5.41, 5.74) is 0. The summed E-state index contributed by atoms with van der Waals surface area (Å²) in [6.45, 7) is 0. The lowest BCUT2D eigenvalue weighted by Crippen LogP contribution is -2.29. The van der Waals surface area contributed by atoms with Crippen LogP contribution >= 0.6 is 34.8 Å². The third kappa shape index (κ3) is 6.69. The number of rotatable bonds is 4. The van der Waals surface area contributed by atoms with Gasteiger partial charge in [-0.05, 0) is 0 Å². The molecule has 78 valence electrons. The third-order valence-electron chi connectivity index (χ3n) is 1.16. The Hall–Kier alpha value is 0.650. The van der Waals surface area contributed by atoms with Gasteiger partial charge in [0, 0.05) is 23.5 Å². The van der Waals surface area contributed by atoms with E-state index in [4.69, 9.17) is 39.9 Å². The average Bonchev–Trinajstić information content (AvgIpc) is 1.82. The SMILES string of the molecule is CS(=O)CC(=O)C[C@@H](O)C(Cl)(Cl)Cl. The van der Waals surface area contributed by atoms with Crippen LogP contribution in [-0.2, 0) is 15.6 Å². The Balaban J connectivity index is 4.00. The molecule has 0 aromatic heterocycles. The van der Waals surface area contributed by atoms with E-state index in [1.165, 1.54) is 6.26 Å². The lowest BCUT2D eigenvalue weighted by molar-refractivity contribution is -0.118. The highest BCUT2D eigenvalue weighted by Crippen LogP contribution is 2.31. The van der Waals surface area contributed by atoms with Gasteiger partial charge in [-0.1, -0.05) is 34.8 Å². The van der Waals surface area contributed by atoms with E-state index in [2.05, 4.69) is 0 Å². The van der Waals surface area contributed by atoms with Crippen molar-refractivity contribution in [3.05, 3.63) is 0 Å². The van der Waals surface area contributed by atoms with Crippen molar-refractivity contribution in [3.63, 3.8) is 0 Å². The van der Waals surface area contributed by atoms with E-state index in [9.17, 15) is 9.00 Å². The molecular formula is C6H9Cl3O3S. The van der Waals surface area contributed by atoms with Crippen molar-refractivity contribution in [2.24, 2.45) is 0 Å². The monoisotopic (exact) mass is 266 g/mol. The first-order valence-corrected chi connectivity index (χ1v) is 6.16. The van der Waals surface area contributed by atoms with E-state index < -0.39 is 20.7 Å². The minimum absolute atomic E-state index is 0.127. The van der Waals surface area contributed by atoms with E-state index >= 15 is 0 Å². The smallest absolute Gasteiger partial charge is 0.216 e. The molecule has 1 unspecified atom stereocenters. The molecule has 0 saturated carbocycles. The average molecular weight is 268 g/mol. The van der Waals surface area contributed by atoms with Crippen LogP contribution in [-0.4, -0.2) is 37.0 Å². The quantitative estimate of drug-likeness (QED) is 0.775. The van der Waals surface area contributed by atoms with E-state index in [-0.39, 0.29) is 18.0 Å². The van der Waals surface area contributed by atoms with Gasteiger partial charge in [0.2, 0.25) is 3.79 Å². The van der Waals surface area contributed by atoms with E-state index in [1.54, 1.807) is 0 Å². The van der Waals surface area contributed by atoms with Crippen LogP contribution in [0.1, 0.15) is 6.42 Å². The maximum Gasteiger partial charge on any atom is 0.216 e. The molecule has 0 radical (unpaired) electrons. The summed E-state index contributed by atoms with van der Waals surface area (Å²) in [7, 11) is -1.23. The number of aliphatic hydroxyl groups excluding tert-OH is 1. The molecule has 1 N–H and O–H groups in total. The summed E-state index contributed by atoms with van der Waals surface area (Å²) in [6, 6.07) is 0. The van der Waals surface area contributed by atoms with Gasteiger partial charge in [-0.25, -0.2) is 0 Å². The zero-order chi connectivity index (χ0) is 10.6. The normalized spacial score (nSPS) is 16.7. The minimum Gasteiger partial charge on any atom is -0.388 e. The fourth-order valence-corrected chi connectivity index (χ4v) is 1.42. The van der Waals surface area contributed by atoms with Crippen molar-refractivity contribution in [2.75, 3.05) is 12.0 Å². The molecule has 0 amide bonds. The number of Topliss-reactive ketones (excluding diaryl/α,β-unsaturated/α-hetero) is 1. The Morgan fingerprint density at radius 1 is 1.54 bits per heavy atom. The topological polar surface area (TPSA) is 54.4 Å². The van der Waals surface area contributed by atoms with Crippen molar-refractivity contribution in [1.82, 2.24) is 0 Å². The first-order valence-electron chi connectivity index (χ1n) is 3.30. The molecule has 2 atom stereocenters. The van der Waals surface area contributed by atoms with Gasteiger partial charge >= 0.3 is 0 Å². The van der Waals surface area contributed by atoms with Gasteiger partial charge < -0.3 is 5.11 Å². The van der Waals surface area contributed by atoms with Crippen molar-refractivity contribution in [1.29, 1.82) is 0 Å². The lowest BCUT2D eigenvalue weighted by Gasteiger charge is -2.17. The Morgan fingerprint density at radius 2 is 2.00 bits per heavy atom. The number of carbonyl (C=O) groups is 1. The van der Waals surface area contributed by atoms with Crippen molar-refractivity contribution in [2.45, 2.75) is 16.3 Å². The molecule has 0 bridgehead atoms. The van der Waals surface area contributed by atoms with Gasteiger partial charge in [-0.3, -0.25) is 9.00 Å². The summed E-state index contributed by atoms with van der Waals surface area (Å²) in [6.07, 6.45) is -0.260. The number of hydrogen-bond donors (Lipinski definition) is 1. The Bertz CT molecular complexity index is 214. The third-order valence-corrected chi connectivity index (χ3v) is 2.65. The summed E-state index contributed by atoms with van der Waals surface area (Å²) in [4.78, 5) is 11.0. The first kappa shape index (κ1) is 13.7. The molecule has 0 saturated heterocycles. The number of hydrogen-bond acceptors (Lipinski definition) is 3. The fourth-order valence-electron chi connectivity index (χ4n) is 0.617. The summed E-state index contributed by atoms with van der Waals surface area (Å²) in [5.74, 6) is -0.516. The minimum atomic E-state index is -1.87. The second-order valence-corrected chi connectivity index (χ2v) is 6.32. The Morgan fingerprint density at radius 3 is 2.31 bits per heavy atom. The van der Waals surface area contributed by atoms with E-state index in [0.29, 0.717) is 0 Å². The summed E-state index contributed by atoms with van der Waals surface area (Å²) in [5, 5.41) is 9.15. The molecular weight excluding hydrogens is 258 g/mol. The molecule has 0 aliphatic carbocycles. The van der Waals surface area contributed by atoms with Gasteiger partial charge in [-0.2, -0.15) is 0 Å². The standard InChI is InChI=1S/C6H9Cl3O3S/c1-13(12)3-4(10)2-5(11)6(7,8)9/h5,11H,2-3H2,1H3/t5-,13?/m1/s1. The van der Waals surface area contributed by atoms with Crippen LogP contribution in [0.15, 0.2) is 0 Å². The molecule has 0 rings (SSSR count). The largest absolute Gasteiger partial charge is 0.388 e. The van der Waals surface area contributed by atoms with Crippen molar-refractivity contribution < 1.29 is 14.1 Å². The molecule has 0 aromatic rings. The maximum absolute atomic E-state index is 11.0. The zero-order valence-electron chi connectivity index (χ0n) is 6.80. The molecule has 0 aliphatic rings. The number of aliphatic hydroxyl groups is 1. The predicted octanol–water partition coefficient (Wildman–Crippen LogP) is 1.06. The van der Waals surface area contributed by atoms with Crippen molar-refractivity contribution in [3.8, 4) is 0 Å². The van der Waals surface area contributed by atoms with Gasteiger partial charge in [0.15, 0.2) is 0 Å². The second kappa shape index (κ2) is 5.51. The zero-order valence-corrected chi connectivity index (χ0v) is 9.88. The Labute approximate surface area is 93.8 Å². The highest BCUT2D eigenvalue weighted by atomic mass is 35.6. The molecule has 0 heterocycles. The molecule has 13 heavy (non-hydrogen) atoms. The molecule has 0 aliphatic heterocycles. The van der Waals surface area contributed by atoms with Gasteiger partial charge in [0.05, 0.1) is 5.75 Å². The van der Waals surface area contributed by atoms with Gasteiger partial charge in [0.1, 0.15) is 11.9 Å². The lowest BCUT2D eigenvalue weighted by atomic mass is 10.2. The van der Waals surface area contributed by atoms with Crippen LogP contribution in [0.2, 0.25) is 0 Å². The number of ketones is 1. The van der Waals surface area contributed by atoms with Crippen LogP contribution in [0, 0.1) is 0 Å². The Kier molecular flexibility index (Phi) is 5.79. The van der Waals surface area contributed by atoms with Crippen LogP contribution < -0.4 is 0 Å². The molecule has 7 heteroatoms. The highest BCUT2D eigenvalue weighted by molar-refractivity contribution is 7.85. The number of carbonyl (C=O) groups excluding carboxylic acids is 1. The molecule has 0 spiro atoms. The highest BCUT2D eigenvalue weighted by Gasteiger charge is 2.32. The van der Waals surface area contributed by atoms with Crippen LogP contribution in [0.4, 0.5) is 0 Å². The molecule has 0 aromatic carbocycles. The van der Waals surface area contributed by atoms with Crippen LogP contribution in [0.25, 0.3) is 0 Å². The predicted molar refractivity (Wildman–Crippen MR) is 54.9 cm³/mol. The van der Waals surface area contributed by atoms with Gasteiger partial charge in [0.25, 0.3) is 0 Å². The molecule has 3 nitrogen and oxygen atoms in total. The van der Waals surface area contributed by atoms with Crippen molar-refractivity contribution >= 4 is 51.4 Å². The van der Waals surface area contributed by atoms with E-state index in [0.717, 1.165) is 0 Å². The van der Waals surface area contributed by atoms with Gasteiger partial charge in [-0.15, -0.1) is 0 Å². The number of halogens is 3. The maximum atomic E-state index is 11.0. The fraction of sp³-hybridized carbons (Fsp3) is 0.833. The summed E-state index contributed by atoms with van der Waals surface area (Å²) >= 11 is 16.0. The molecule has 0 fully saturated rings. The van der Waals surface area contributed by atoms with Crippen LogP contribution in [0.5, 0.6) is 0 Å². The van der Waals surface area contributed by atoms with E-state index in [1.807, 2.05) is 0 Å². The summed E-state index contributed by atoms with van der Waals surface area (Å²) < 4.78 is 8.72. The first-order chi connectivity index (χ1) is 5.73.